The maximum atomic E-state index is 10.5. The summed E-state index contributed by atoms with van der Waals surface area (Å²) in [5, 5.41) is 24.2. The number of nitrogens with zero attached hydrogens (tertiary/aromatic N) is 4. The molecule has 7 rings (SSSR count). The van der Waals surface area contributed by atoms with E-state index in [1.165, 1.54) is 125 Å². The zero-order valence-corrected chi connectivity index (χ0v) is 46.3. The van der Waals surface area contributed by atoms with Gasteiger partial charge in [-0.1, -0.05) is 250 Å². The fourth-order valence-electron chi connectivity index (χ4n) is 10.2. The number of unbranched alkanes of at least 4 members (excludes halogenated alkanes) is 12. The van der Waals surface area contributed by atoms with Crippen molar-refractivity contribution in [3.05, 3.63) is 189 Å². The molecule has 4 heteroatoms. The quantitative estimate of drug-likeness (QED) is 0.0256. The van der Waals surface area contributed by atoms with Crippen LogP contribution in [0.2, 0.25) is 0 Å². The third-order valence-corrected chi connectivity index (χ3v) is 14.8. The van der Waals surface area contributed by atoms with Crippen LogP contribution in [-0.4, -0.2) is 26.2 Å². The summed E-state index contributed by atoms with van der Waals surface area (Å²) >= 11 is 0. The Balaban J connectivity index is 0.970. The monoisotopic (exact) mass is 1000 g/mol. The molecule has 0 spiro atoms. The van der Waals surface area contributed by atoms with Gasteiger partial charge in [0.25, 0.3) is 0 Å². The van der Waals surface area contributed by atoms with E-state index in [-0.39, 0.29) is 0 Å². The third kappa shape index (κ3) is 16.8. The topological polar surface area (TPSA) is 54.1 Å². The van der Waals surface area contributed by atoms with Gasteiger partial charge < -0.3 is 9.80 Å². The highest BCUT2D eigenvalue weighted by Crippen LogP contribution is 2.34. The molecule has 0 heterocycles. The van der Waals surface area contributed by atoms with Gasteiger partial charge in [0.05, 0.1) is 11.1 Å². The number of fused-ring (bicyclic) bond motifs is 2. The first kappa shape index (κ1) is 56.3. The smallest absolute Gasteiger partial charge is 0.100 e. The Morgan fingerprint density at radius 3 is 0.776 bits per heavy atom. The van der Waals surface area contributed by atoms with E-state index in [4.69, 9.17) is 0 Å². The summed E-state index contributed by atoms with van der Waals surface area (Å²) in [6.45, 7) is 13.6. The highest BCUT2D eigenvalue weighted by atomic mass is 15.1. The number of hydrogen-bond donors (Lipinski definition) is 0. The largest absolute Gasteiger partial charge is 0.372 e. The molecule has 390 valence electrons. The summed E-state index contributed by atoms with van der Waals surface area (Å²) in [4.78, 5) is 5.17. The van der Waals surface area contributed by atoms with Crippen LogP contribution in [0, 0.1) is 22.7 Å². The highest BCUT2D eigenvalue weighted by Gasteiger charge is 2.15. The van der Waals surface area contributed by atoms with E-state index in [2.05, 4.69) is 195 Å². The fourth-order valence-corrected chi connectivity index (χ4v) is 10.2. The zero-order valence-electron chi connectivity index (χ0n) is 46.3. The lowest BCUT2D eigenvalue weighted by Crippen LogP contribution is -2.25. The first-order valence-electron chi connectivity index (χ1n) is 28.9. The second-order valence-electron chi connectivity index (χ2n) is 20.7. The van der Waals surface area contributed by atoms with Crippen molar-refractivity contribution in [3.8, 4) is 12.1 Å². The lowest BCUT2D eigenvalue weighted by atomic mass is 9.90. The van der Waals surface area contributed by atoms with Gasteiger partial charge in [0, 0.05) is 59.1 Å². The predicted molar refractivity (Wildman–Crippen MR) is 333 cm³/mol. The predicted octanol–water partition coefficient (Wildman–Crippen LogP) is 20.4. The van der Waals surface area contributed by atoms with Crippen LogP contribution < -0.4 is 9.80 Å². The van der Waals surface area contributed by atoms with Crippen molar-refractivity contribution in [2.24, 2.45) is 0 Å². The molecule has 0 atom stereocenters. The summed E-state index contributed by atoms with van der Waals surface area (Å²) in [5.74, 6) is 0. The van der Waals surface area contributed by atoms with Gasteiger partial charge in [0.2, 0.25) is 0 Å². The Bertz CT molecular complexity index is 2850. The average molecular weight is 1000 g/mol. The Morgan fingerprint density at radius 1 is 0.289 bits per heavy atom. The first-order valence-corrected chi connectivity index (χ1v) is 28.9. The van der Waals surface area contributed by atoms with Crippen LogP contribution in [0.25, 0.3) is 70.2 Å². The normalized spacial score (nSPS) is 11.7. The Labute approximate surface area is 457 Å². The molecule has 0 saturated heterocycles. The van der Waals surface area contributed by atoms with Gasteiger partial charge in [-0.25, -0.2) is 0 Å². The molecule has 0 N–H and O–H groups in total. The minimum absolute atomic E-state index is 0.583. The first-order chi connectivity index (χ1) is 37.4. The molecule has 0 aliphatic heterocycles. The van der Waals surface area contributed by atoms with Crippen molar-refractivity contribution >= 4 is 81.5 Å². The molecule has 0 unspecified atom stereocenters. The van der Waals surface area contributed by atoms with E-state index in [1.54, 1.807) is 0 Å². The van der Waals surface area contributed by atoms with E-state index >= 15 is 0 Å². The summed E-state index contributed by atoms with van der Waals surface area (Å²) in [6.07, 6.45) is 37.7. The zero-order chi connectivity index (χ0) is 53.2. The SMILES string of the molecule is CCCCCCN(CCCCCC)c1ccc(/C=C/c2ccc(/C=C/c3ccc4c(C#N)c5cc(/C=C/c6ccc(/C=C/c7ccc(N(CCCCCC)CCCCCC)cc7)cc6)ccc5c(C#N)c4c3)cc2)cc1. The van der Waals surface area contributed by atoms with Crippen LogP contribution in [0.3, 0.4) is 0 Å². The van der Waals surface area contributed by atoms with E-state index < -0.39 is 0 Å². The summed E-state index contributed by atoms with van der Waals surface area (Å²) in [6, 6.07) is 52.3. The number of anilines is 2. The number of rotatable bonds is 30. The van der Waals surface area contributed by atoms with Crippen LogP contribution in [0.4, 0.5) is 11.4 Å². The average Bonchev–Trinajstić information content (AvgIpc) is 3.46. The molecule has 0 amide bonds. The molecule has 0 radical (unpaired) electrons. The number of hydrogen-bond acceptors (Lipinski definition) is 4. The van der Waals surface area contributed by atoms with Crippen molar-refractivity contribution in [3.63, 3.8) is 0 Å². The molecule has 7 aromatic carbocycles. The van der Waals surface area contributed by atoms with Crippen LogP contribution in [0.1, 0.15) is 186 Å². The van der Waals surface area contributed by atoms with Gasteiger partial charge >= 0.3 is 0 Å². The van der Waals surface area contributed by atoms with E-state index in [0.717, 1.165) is 81.1 Å². The summed E-state index contributed by atoms with van der Waals surface area (Å²) in [5.41, 5.74) is 12.6. The Hall–Kier alpha value is -7.40. The fraction of sp³-hybridized carbons (Fsp3) is 0.333. The van der Waals surface area contributed by atoms with Crippen molar-refractivity contribution in [1.82, 2.24) is 0 Å². The van der Waals surface area contributed by atoms with Crippen molar-refractivity contribution in [2.75, 3.05) is 36.0 Å². The van der Waals surface area contributed by atoms with E-state index in [1.807, 2.05) is 36.4 Å². The van der Waals surface area contributed by atoms with E-state index in [0.29, 0.717) is 11.1 Å². The van der Waals surface area contributed by atoms with Crippen molar-refractivity contribution < 1.29 is 0 Å². The third-order valence-electron chi connectivity index (χ3n) is 14.8. The van der Waals surface area contributed by atoms with Crippen molar-refractivity contribution in [1.29, 1.82) is 10.5 Å². The molecule has 76 heavy (non-hydrogen) atoms. The second-order valence-corrected chi connectivity index (χ2v) is 20.7. The molecule has 0 aliphatic rings. The Morgan fingerprint density at radius 2 is 0.526 bits per heavy atom. The number of nitriles is 2. The molecule has 4 nitrogen and oxygen atoms in total. The minimum Gasteiger partial charge on any atom is -0.372 e. The molecule has 0 bridgehead atoms. The standard InChI is InChI=1S/C72H82N4/c1-5-9-13-17-49-75(50-18-14-10-6-2)65-43-37-61(38-44-65)31-29-57-21-25-59(26-22-57)33-35-63-41-47-67-69(53-63)71(55-73)68-48-42-64(54-70(68)72(67)56-74)36-34-60-27-23-58(24-28-60)30-32-62-39-45-66(46-40-62)76(51-19-15-11-7-3)52-20-16-12-8-4/h21-48,53-54H,5-20,49-52H2,1-4H3/b31-29+,32-30+,35-33+,36-34+. The molecule has 7 aromatic rings. The van der Waals surface area contributed by atoms with Crippen molar-refractivity contribution in [2.45, 2.75) is 130 Å². The van der Waals surface area contributed by atoms with Crippen LogP contribution >= 0.6 is 0 Å². The maximum Gasteiger partial charge on any atom is 0.100 e. The molecule has 0 saturated carbocycles. The van der Waals surface area contributed by atoms with Gasteiger partial charge in [-0.3, -0.25) is 0 Å². The second kappa shape index (κ2) is 30.8. The van der Waals surface area contributed by atoms with Gasteiger partial charge in [-0.2, -0.15) is 10.5 Å². The Kier molecular flexibility index (Phi) is 22.9. The highest BCUT2D eigenvalue weighted by molar-refractivity contribution is 6.10. The summed E-state index contributed by atoms with van der Waals surface area (Å²) < 4.78 is 0. The van der Waals surface area contributed by atoms with E-state index in [9.17, 15) is 10.5 Å². The van der Waals surface area contributed by atoms with Gasteiger partial charge in [-0.05, 0) is 107 Å². The lowest BCUT2D eigenvalue weighted by Gasteiger charge is -2.25. The van der Waals surface area contributed by atoms with Gasteiger partial charge in [0.15, 0.2) is 0 Å². The number of benzene rings is 7. The summed E-state index contributed by atoms with van der Waals surface area (Å²) in [7, 11) is 0. The van der Waals surface area contributed by atoms with Crippen LogP contribution in [0.15, 0.2) is 133 Å². The molecule has 0 aromatic heterocycles. The maximum absolute atomic E-state index is 10.5. The molecule has 0 fully saturated rings. The van der Waals surface area contributed by atoms with Gasteiger partial charge in [0.1, 0.15) is 12.1 Å². The molecular formula is C72H82N4. The lowest BCUT2D eigenvalue weighted by molar-refractivity contribution is 0.609. The molecular weight excluding hydrogens is 921 g/mol. The minimum atomic E-state index is 0.583. The molecule has 0 aliphatic carbocycles. The van der Waals surface area contributed by atoms with Gasteiger partial charge in [-0.15, -0.1) is 0 Å². The van der Waals surface area contributed by atoms with Crippen LogP contribution in [0.5, 0.6) is 0 Å². The van der Waals surface area contributed by atoms with Crippen LogP contribution in [-0.2, 0) is 0 Å².